The number of aromatic nitrogens is 1. The molecule has 2 aromatic carbocycles. The number of nitrogens with zero attached hydrogens (tertiary/aromatic N) is 1. The fraction of sp³-hybridized carbons (Fsp3) is 0.158. The number of sulfone groups is 1. The first-order valence-electron chi connectivity index (χ1n) is 7.93. The van der Waals surface area contributed by atoms with Crippen molar-refractivity contribution in [3.05, 3.63) is 59.2 Å². The monoisotopic (exact) mass is 408 g/mol. The standard InChI is InChI=1S/C19H14F3NO4S/c1-10-16(18(24)25)14-9-13(28(2,26)27)6-7-15(14)23-17(10)11-4-3-5-12(8-11)19(20,21)22/h3-9H,1-2H3,(H,24,25)/p-1. The number of rotatable bonds is 3. The van der Waals surface area contributed by atoms with E-state index in [1.807, 2.05) is 0 Å². The van der Waals surface area contributed by atoms with Gasteiger partial charge in [-0.05, 0) is 42.8 Å². The molecule has 0 saturated heterocycles. The van der Waals surface area contributed by atoms with Crippen molar-refractivity contribution in [3.8, 4) is 11.3 Å². The number of benzene rings is 2. The van der Waals surface area contributed by atoms with Gasteiger partial charge in [0.2, 0.25) is 0 Å². The van der Waals surface area contributed by atoms with Gasteiger partial charge in [0.15, 0.2) is 9.84 Å². The third kappa shape index (κ3) is 3.57. The summed E-state index contributed by atoms with van der Waals surface area (Å²) in [5, 5.41) is 11.8. The van der Waals surface area contributed by atoms with Crippen LogP contribution >= 0.6 is 0 Å². The minimum atomic E-state index is -4.57. The number of fused-ring (bicyclic) bond motifs is 1. The van der Waals surface area contributed by atoms with E-state index in [2.05, 4.69) is 4.98 Å². The molecule has 0 amide bonds. The third-order valence-corrected chi connectivity index (χ3v) is 5.41. The highest BCUT2D eigenvalue weighted by Gasteiger charge is 2.30. The first-order chi connectivity index (χ1) is 12.9. The van der Waals surface area contributed by atoms with E-state index in [1.54, 1.807) is 0 Å². The van der Waals surface area contributed by atoms with E-state index >= 15 is 0 Å². The number of carboxylic acid groups (broad SMARTS) is 1. The number of aromatic carboxylic acids is 1. The normalized spacial score (nSPS) is 12.3. The summed E-state index contributed by atoms with van der Waals surface area (Å²) in [6.07, 6.45) is -3.59. The Morgan fingerprint density at radius 3 is 2.36 bits per heavy atom. The highest BCUT2D eigenvalue weighted by atomic mass is 32.2. The van der Waals surface area contributed by atoms with Crippen LogP contribution in [-0.2, 0) is 16.0 Å². The summed E-state index contributed by atoms with van der Waals surface area (Å²) in [7, 11) is -3.60. The van der Waals surface area contributed by atoms with Crippen molar-refractivity contribution in [2.24, 2.45) is 0 Å². The van der Waals surface area contributed by atoms with Gasteiger partial charge < -0.3 is 9.90 Å². The van der Waals surface area contributed by atoms with E-state index in [0.717, 1.165) is 18.4 Å². The Bertz CT molecular complexity index is 1220. The number of pyridine rings is 1. The molecule has 0 aliphatic rings. The Balaban J connectivity index is 2.35. The summed E-state index contributed by atoms with van der Waals surface area (Å²) in [5.74, 6) is -1.58. The van der Waals surface area contributed by atoms with Crippen LogP contribution in [0.25, 0.3) is 22.2 Å². The van der Waals surface area contributed by atoms with Crippen molar-refractivity contribution in [2.75, 3.05) is 6.26 Å². The topological polar surface area (TPSA) is 87.2 Å². The van der Waals surface area contributed by atoms with E-state index in [9.17, 15) is 31.5 Å². The van der Waals surface area contributed by atoms with Gasteiger partial charge in [-0.25, -0.2) is 13.4 Å². The molecule has 9 heteroatoms. The summed E-state index contributed by atoms with van der Waals surface area (Å²) in [6.45, 7) is 1.39. The summed E-state index contributed by atoms with van der Waals surface area (Å²) < 4.78 is 62.6. The molecule has 146 valence electrons. The minimum Gasteiger partial charge on any atom is -0.545 e. The van der Waals surface area contributed by atoms with E-state index < -0.39 is 27.5 Å². The van der Waals surface area contributed by atoms with Crippen LogP contribution in [0.4, 0.5) is 13.2 Å². The molecule has 0 bridgehead atoms. The van der Waals surface area contributed by atoms with Gasteiger partial charge in [0.25, 0.3) is 0 Å². The van der Waals surface area contributed by atoms with Gasteiger partial charge in [-0.15, -0.1) is 0 Å². The zero-order valence-corrected chi connectivity index (χ0v) is 15.5. The average Bonchev–Trinajstić information content (AvgIpc) is 2.59. The number of halogens is 3. The minimum absolute atomic E-state index is 0.0381. The van der Waals surface area contributed by atoms with Gasteiger partial charge in [0.1, 0.15) is 0 Å². The smallest absolute Gasteiger partial charge is 0.416 e. The number of carbonyl (C=O) groups excluding carboxylic acids is 1. The van der Waals surface area contributed by atoms with Gasteiger partial charge in [0, 0.05) is 22.8 Å². The Kier molecular flexibility index (Phi) is 4.66. The Morgan fingerprint density at radius 1 is 1.11 bits per heavy atom. The third-order valence-electron chi connectivity index (χ3n) is 4.30. The molecule has 0 saturated carbocycles. The molecule has 5 nitrogen and oxygen atoms in total. The lowest BCUT2D eigenvalue weighted by Gasteiger charge is -2.17. The zero-order valence-electron chi connectivity index (χ0n) is 14.7. The second-order valence-electron chi connectivity index (χ2n) is 6.28. The van der Waals surface area contributed by atoms with Gasteiger partial charge in [-0.3, -0.25) is 0 Å². The molecule has 28 heavy (non-hydrogen) atoms. The quantitative estimate of drug-likeness (QED) is 0.665. The lowest BCUT2D eigenvalue weighted by atomic mass is 9.97. The maximum absolute atomic E-state index is 13.0. The predicted octanol–water partition coefficient (Wildman–Crippen LogP) is 3.00. The summed E-state index contributed by atoms with van der Waals surface area (Å²) in [5.41, 5.74) is -0.868. The van der Waals surface area contributed by atoms with Crippen LogP contribution in [0, 0.1) is 6.92 Å². The Hall–Kier alpha value is -2.94. The number of carboxylic acids is 1. The molecule has 0 N–H and O–H groups in total. The average molecular weight is 408 g/mol. The first-order valence-corrected chi connectivity index (χ1v) is 9.82. The summed E-state index contributed by atoms with van der Waals surface area (Å²) in [6, 6.07) is 8.12. The van der Waals surface area contributed by atoms with Crippen molar-refractivity contribution in [3.63, 3.8) is 0 Å². The van der Waals surface area contributed by atoms with E-state index in [1.165, 1.54) is 37.3 Å². The fourth-order valence-corrected chi connectivity index (χ4v) is 3.60. The van der Waals surface area contributed by atoms with E-state index in [0.29, 0.717) is 0 Å². The fourth-order valence-electron chi connectivity index (χ4n) is 2.96. The van der Waals surface area contributed by atoms with Crippen LogP contribution in [0.3, 0.4) is 0 Å². The lowest BCUT2D eigenvalue weighted by Crippen LogP contribution is -2.24. The van der Waals surface area contributed by atoms with Crippen LogP contribution in [0.1, 0.15) is 21.5 Å². The predicted molar refractivity (Wildman–Crippen MR) is 94.4 cm³/mol. The van der Waals surface area contributed by atoms with Crippen LogP contribution < -0.4 is 5.11 Å². The van der Waals surface area contributed by atoms with Crippen LogP contribution in [0.2, 0.25) is 0 Å². The maximum atomic E-state index is 13.0. The van der Waals surface area contributed by atoms with Gasteiger partial charge in [0.05, 0.1) is 27.6 Å². The van der Waals surface area contributed by atoms with Gasteiger partial charge >= 0.3 is 6.18 Å². The number of carbonyl (C=O) groups is 1. The molecule has 1 aromatic heterocycles. The Morgan fingerprint density at radius 2 is 1.79 bits per heavy atom. The second-order valence-corrected chi connectivity index (χ2v) is 8.29. The lowest BCUT2D eigenvalue weighted by molar-refractivity contribution is -0.254. The molecule has 0 aliphatic heterocycles. The van der Waals surface area contributed by atoms with Crippen LogP contribution in [0.5, 0.6) is 0 Å². The molecule has 3 rings (SSSR count). The summed E-state index contributed by atoms with van der Waals surface area (Å²) in [4.78, 5) is 15.9. The largest absolute Gasteiger partial charge is 0.545 e. The highest BCUT2D eigenvalue weighted by Crippen LogP contribution is 2.35. The van der Waals surface area contributed by atoms with Crippen molar-refractivity contribution >= 4 is 26.7 Å². The molecule has 0 unspecified atom stereocenters. The molecular weight excluding hydrogens is 395 g/mol. The molecular formula is C19H13F3NO4S-. The zero-order chi connectivity index (χ0) is 20.9. The van der Waals surface area contributed by atoms with E-state index in [-0.39, 0.29) is 38.2 Å². The molecule has 0 radical (unpaired) electrons. The first kappa shape index (κ1) is 19.8. The number of hydrogen-bond donors (Lipinski definition) is 0. The molecule has 0 atom stereocenters. The molecule has 0 aliphatic carbocycles. The van der Waals surface area contributed by atoms with Crippen molar-refractivity contribution in [1.82, 2.24) is 4.98 Å². The SMILES string of the molecule is Cc1c(-c2cccc(C(F)(F)F)c2)nc2ccc(S(C)(=O)=O)cc2c1C(=O)[O-]. The summed E-state index contributed by atoms with van der Waals surface area (Å²) >= 11 is 0. The van der Waals surface area contributed by atoms with Gasteiger partial charge in [-0.1, -0.05) is 12.1 Å². The maximum Gasteiger partial charge on any atom is 0.416 e. The van der Waals surface area contributed by atoms with Crippen molar-refractivity contribution in [2.45, 2.75) is 18.0 Å². The molecule has 0 spiro atoms. The molecule has 3 aromatic rings. The molecule has 1 heterocycles. The van der Waals surface area contributed by atoms with Crippen LogP contribution in [0.15, 0.2) is 47.4 Å². The number of alkyl halides is 3. The molecule has 0 fully saturated rings. The number of hydrogen-bond acceptors (Lipinski definition) is 5. The van der Waals surface area contributed by atoms with Crippen LogP contribution in [-0.4, -0.2) is 25.6 Å². The Labute approximate surface area is 158 Å². The second kappa shape index (κ2) is 6.59. The van der Waals surface area contributed by atoms with Gasteiger partial charge in [-0.2, -0.15) is 13.2 Å². The van der Waals surface area contributed by atoms with E-state index in [4.69, 9.17) is 0 Å². The van der Waals surface area contributed by atoms with Crippen molar-refractivity contribution in [1.29, 1.82) is 0 Å². The van der Waals surface area contributed by atoms with Crippen molar-refractivity contribution < 1.29 is 31.5 Å². The highest BCUT2D eigenvalue weighted by molar-refractivity contribution is 7.90.